The van der Waals surface area contributed by atoms with E-state index in [2.05, 4.69) is 16.0 Å². The Labute approximate surface area is 189 Å². The predicted octanol–water partition coefficient (Wildman–Crippen LogP) is 2.30. The number of hydrogen-bond acceptors (Lipinski definition) is 5. The van der Waals surface area contributed by atoms with E-state index >= 15 is 0 Å². The average Bonchev–Trinajstić information content (AvgIpc) is 3.42. The van der Waals surface area contributed by atoms with E-state index < -0.39 is 36.0 Å². The molecule has 1 aliphatic heterocycles. The largest absolute Gasteiger partial charge is 0.467 e. The lowest BCUT2D eigenvalue weighted by Gasteiger charge is -2.27. The second-order valence-corrected chi connectivity index (χ2v) is 7.57. The Morgan fingerprint density at radius 1 is 0.939 bits per heavy atom. The van der Waals surface area contributed by atoms with E-state index in [-0.39, 0.29) is 13.0 Å². The van der Waals surface area contributed by atoms with Gasteiger partial charge in [-0.05, 0) is 23.3 Å². The van der Waals surface area contributed by atoms with E-state index in [0.29, 0.717) is 11.3 Å². The minimum atomic E-state index is -1.36. The summed E-state index contributed by atoms with van der Waals surface area (Å²) in [6, 6.07) is 20.1. The molecule has 1 atom stereocenters. The van der Waals surface area contributed by atoms with Gasteiger partial charge < -0.3 is 15.1 Å². The number of benzene rings is 2. The van der Waals surface area contributed by atoms with Crippen LogP contribution in [0.1, 0.15) is 16.9 Å². The van der Waals surface area contributed by atoms with Gasteiger partial charge in [0, 0.05) is 6.42 Å². The molecule has 2 aromatic carbocycles. The molecule has 168 valence electrons. The maximum Gasteiger partial charge on any atom is 0.325 e. The maximum absolute atomic E-state index is 13.5. The summed E-state index contributed by atoms with van der Waals surface area (Å²) in [4.78, 5) is 51.5. The summed E-state index contributed by atoms with van der Waals surface area (Å²) in [5.74, 6) is -0.840. The number of amides is 6. The highest BCUT2D eigenvalue weighted by Gasteiger charge is 2.52. The number of carbonyl (C=O) groups is 4. The molecule has 0 spiro atoms. The number of imide groups is 2. The zero-order valence-electron chi connectivity index (χ0n) is 17.6. The van der Waals surface area contributed by atoms with Crippen molar-refractivity contribution >= 4 is 23.9 Å². The number of nitrogens with one attached hydrogen (secondary N) is 3. The molecular formula is C24H22N4O5. The van der Waals surface area contributed by atoms with Crippen molar-refractivity contribution in [3.8, 4) is 0 Å². The van der Waals surface area contributed by atoms with Crippen molar-refractivity contribution in [3.05, 3.63) is 95.9 Å². The molecule has 4 rings (SSSR count). The molecule has 0 saturated carbocycles. The van der Waals surface area contributed by atoms with Gasteiger partial charge in [-0.15, -0.1) is 0 Å². The van der Waals surface area contributed by atoms with Crippen LogP contribution in [0.4, 0.5) is 9.59 Å². The number of hydrogen-bond donors (Lipinski definition) is 3. The molecule has 0 aliphatic carbocycles. The minimum absolute atomic E-state index is 0.0867. The van der Waals surface area contributed by atoms with Crippen molar-refractivity contribution in [3.63, 3.8) is 0 Å². The highest BCUT2D eigenvalue weighted by atomic mass is 16.3. The van der Waals surface area contributed by atoms with E-state index in [1.165, 1.54) is 6.26 Å². The summed E-state index contributed by atoms with van der Waals surface area (Å²) < 4.78 is 5.11. The molecule has 0 radical (unpaired) electrons. The summed E-state index contributed by atoms with van der Waals surface area (Å²) in [6.45, 7) is -0.508. The van der Waals surface area contributed by atoms with Crippen molar-refractivity contribution in [2.45, 2.75) is 18.5 Å². The minimum Gasteiger partial charge on any atom is -0.467 e. The molecule has 9 nitrogen and oxygen atoms in total. The summed E-state index contributed by atoms with van der Waals surface area (Å²) in [5, 5.41) is 7.37. The van der Waals surface area contributed by atoms with Crippen molar-refractivity contribution in [2.24, 2.45) is 0 Å². The molecule has 3 aromatic rings. The van der Waals surface area contributed by atoms with Crippen LogP contribution in [0.3, 0.4) is 0 Å². The lowest BCUT2D eigenvalue weighted by Crippen LogP contribution is -2.48. The van der Waals surface area contributed by atoms with Crippen LogP contribution >= 0.6 is 0 Å². The van der Waals surface area contributed by atoms with Crippen LogP contribution in [0.5, 0.6) is 0 Å². The van der Waals surface area contributed by atoms with E-state index in [0.717, 1.165) is 10.5 Å². The zero-order valence-corrected chi connectivity index (χ0v) is 17.6. The molecule has 6 amide bonds. The van der Waals surface area contributed by atoms with Crippen LogP contribution in [0, 0.1) is 0 Å². The highest BCUT2D eigenvalue weighted by molar-refractivity contribution is 6.10. The van der Waals surface area contributed by atoms with E-state index in [1.54, 1.807) is 36.4 Å². The molecule has 9 heteroatoms. The number of rotatable bonds is 7. The van der Waals surface area contributed by atoms with Gasteiger partial charge in [-0.2, -0.15) is 0 Å². The first kappa shape index (κ1) is 21.8. The molecule has 1 aliphatic rings. The van der Waals surface area contributed by atoms with Crippen LogP contribution in [-0.4, -0.2) is 35.3 Å². The third-order valence-electron chi connectivity index (χ3n) is 5.31. The van der Waals surface area contributed by atoms with Gasteiger partial charge in [0.2, 0.25) is 5.91 Å². The quantitative estimate of drug-likeness (QED) is 0.481. The van der Waals surface area contributed by atoms with Crippen LogP contribution in [0.25, 0.3) is 0 Å². The third-order valence-corrected chi connectivity index (χ3v) is 5.31. The second kappa shape index (κ2) is 9.39. The van der Waals surface area contributed by atoms with Crippen molar-refractivity contribution in [1.82, 2.24) is 20.9 Å². The van der Waals surface area contributed by atoms with E-state index in [4.69, 9.17) is 4.42 Å². The number of nitrogens with zero attached hydrogens (tertiary/aromatic N) is 1. The lowest BCUT2D eigenvalue weighted by molar-refractivity contribution is -0.135. The fourth-order valence-corrected chi connectivity index (χ4v) is 3.75. The van der Waals surface area contributed by atoms with Gasteiger partial charge in [-0.1, -0.05) is 60.7 Å². The molecular weight excluding hydrogens is 424 g/mol. The molecule has 0 bridgehead atoms. The summed E-state index contributed by atoms with van der Waals surface area (Å²) in [5.41, 5.74) is 0.0894. The molecule has 1 saturated heterocycles. The van der Waals surface area contributed by atoms with Gasteiger partial charge in [0.1, 0.15) is 12.3 Å². The monoisotopic (exact) mass is 446 g/mol. The van der Waals surface area contributed by atoms with Crippen molar-refractivity contribution in [1.29, 1.82) is 0 Å². The smallest absolute Gasteiger partial charge is 0.325 e. The van der Waals surface area contributed by atoms with Gasteiger partial charge in [-0.25, -0.2) is 9.59 Å². The fraction of sp³-hybridized carbons (Fsp3) is 0.167. The molecule has 2 heterocycles. The Balaban J connectivity index is 1.48. The number of urea groups is 2. The zero-order chi connectivity index (χ0) is 23.3. The summed E-state index contributed by atoms with van der Waals surface area (Å²) in [6.07, 6.45) is 1.68. The van der Waals surface area contributed by atoms with Crippen LogP contribution < -0.4 is 16.0 Å². The van der Waals surface area contributed by atoms with Crippen molar-refractivity contribution in [2.75, 3.05) is 6.54 Å². The van der Waals surface area contributed by atoms with Crippen LogP contribution in [-0.2, 0) is 28.1 Å². The average molecular weight is 446 g/mol. The molecule has 3 N–H and O–H groups in total. The fourth-order valence-electron chi connectivity index (χ4n) is 3.75. The topological polar surface area (TPSA) is 121 Å². The van der Waals surface area contributed by atoms with Gasteiger partial charge in [-0.3, -0.25) is 19.8 Å². The Kier molecular flexibility index (Phi) is 6.21. The normalized spacial score (nSPS) is 17.5. The Hall–Kier alpha value is -4.40. The van der Waals surface area contributed by atoms with Gasteiger partial charge in [0.15, 0.2) is 5.54 Å². The van der Waals surface area contributed by atoms with Crippen LogP contribution in [0.15, 0.2) is 83.5 Å². The molecule has 1 aromatic heterocycles. The number of furan rings is 1. The highest BCUT2D eigenvalue weighted by Crippen LogP contribution is 2.32. The summed E-state index contributed by atoms with van der Waals surface area (Å²) >= 11 is 0. The standard InChI is InChI=1S/C24H22N4O5/c29-20(26-22(31)25-15-19-12-7-13-33-19)16-28-21(30)24(27-23(28)32,18-10-5-2-6-11-18)14-17-8-3-1-4-9-17/h1-13H,14-16H2,(H,27,32)(H2,25,26,29,31)/t24-/m1/s1. The van der Waals surface area contributed by atoms with Crippen LogP contribution in [0.2, 0.25) is 0 Å². The Bertz CT molecular complexity index is 1150. The Morgan fingerprint density at radius 2 is 1.64 bits per heavy atom. The molecule has 1 fully saturated rings. The Morgan fingerprint density at radius 3 is 2.30 bits per heavy atom. The van der Waals surface area contributed by atoms with E-state index in [1.807, 2.05) is 36.4 Å². The van der Waals surface area contributed by atoms with Crippen molar-refractivity contribution < 1.29 is 23.6 Å². The van der Waals surface area contributed by atoms with E-state index in [9.17, 15) is 19.2 Å². The maximum atomic E-state index is 13.5. The lowest BCUT2D eigenvalue weighted by atomic mass is 9.83. The van der Waals surface area contributed by atoms with Gasteiger partial charge >= 0.3 is 12.1 Å². The predicted molar refractivity (Wildman–Crippen MR) is 118 cm³/mol. The number of carbonyl (C=O) groups excluding carboxylic acids is 4. The first-order valence-electron chi connectivity index (χ1n) is 10.3. The SMILES string of the molecule is O=C(CN1C(=O)N[C@](Cc2ccccc2)(c2ccccc2)C1=O)NC(=O)NCc1ccco1. The molecule has 33 heavy (non-hydrogen) atoms. The summed E-state index contributed by atoms with van der Waals surface area (Å²) in [7, 11) is 0. The van der Waals surface area contributed by atoms with Gasteiger partial charge in [0.25, 0.3) is 5.91 Å². The second-order valence-electron chi connectivity index (χ2n) is 7.57. The first-order chi connectivity index (χ1) is 16.0. The third kappa shape index (κ3) is 4.77. The van der Waals surface area contributed by atoms with Gasteiger partial charge in [0.05, 0.1) is 12.8 Å². The first-order valence-corrected chi connectivity index (χ1v) is 10.3. The molecule has 0 unspecified atom stereocenters.